The van der Waals surface area contributed by atoms with Gasteiger partial charge in [-0.05, 0) is 18.7 Å². The first kappa shape index (κ1) is 17.3. The third-order valence-electron chi connectivity index (χ3n) is 3.31. The minimum atomic E-state index is -0.564. The number of nitrogens with zero attached hydrogens (tertiary/aromatic N) is 2. The standard InChI is InChI=1S/C13H20N4O3S/c1-4-9(8-21-3)16(2)13(18)10-6-5-7-11(17(19)20)12(10)15-14/h5-7,9,15H,4,8,14H2,1-3H3. The van der Waals surface area contributed by atoms with Crippen LogP contribution in [0.15, 0.2) is 18.2 Å². The molecule has 0 spiro atoms. The summed E-state index contributed by atoms with van der Waals surface area (Å²) in [6, 6.07) is 4.39. The number of nitro groups is 1. The Balaban J connectivity index is 3.17. The maximum atomic E-state index is 12.6. The van der Waals surface area contributed by atoms with Gasteiger partial charge in [0.1, 0.15) is 5.69 Å². The van der Waals surface area contributed by atoms with E-state index in [-0.39, 0.29) is 28.9 Å². The molecule has 3 N–H and O–H groups in total. The number of nitrogens with one attached hydrogen (secondary N) is 1. The molecule has 116 valence electrons. The van der Waals surface area contributed by atoms with Crippen molar-refractivity contribution in [3.63, 3.8) is 0 Å². The SMILES string of the molecule is CCC(CSC)N(C)C(=O)c1cccc([N+](=O)[O-])c1NN. The number of amides is 1. The number of nitrogens with two attached hydrogens (primary N) is 1. The predicted molar refractivity (Wildman–Crippen MR) is 85.5 cm³/mol. The highest BCUT2D eigenvalue weighted by atomic mass is 32.2. The molecule has 0 aliphatic carbocycles. The van der Waals surface area contributed by atoms with Crippen molar-refractivity contribution in [2.24, 2.45) is 5.84 Å². The number of anilines is 1. The van der Waals surface area contributed by atoms with Gasteiger partial charge < -0.3 is 10.3 Å². The molecule has 1 aromatic carbocycles. The van der Waals surface area contributed by atoms with Crippen molar-refractivity contribution < 1.29 is 9.72 Å². The number of rotatable bonds is 7. The van der Waals surface area contributed by atoms with Gasteiger partial charge in [-0.15, -0.1) is 0 Å². The fourth-order valence-corrected chi connectivity index (χ4v) is 2.92. The van der Waals surface area contributed by atoms with Gasteiger partial charge in [0.15, 0.2) is 0 Å². The number of hydrazine groups is 1. The molecule has 0 saturated heterocycles. The number of benzene rings is 1. The average molecular weight is 312 g/mol. The van der Waals surface area contributed by atoms with Gasteiger partial charge in [-0.2, -0.15) is 11.8 Å². The lowest BCUT2D eigenvalue weighted by Gasteiger charge is -2.27. The van der Waals surface area contributed by atoms with E-state index in [1.54, 1.807) is 23.7 Å². The number of hydrogen-bond acceptors (Lipinski definition) is 6. The zero-order valence-corrected chi connectivity index (χ0v) is 13.1. The fourth-order valence-electron chi connectivity index (χ4n) is 2.07. The fraction of sp³-hybridized carbons (Fsp3) is 0.462. The van der Waals surface area contributed by atoms with Gasteiger partial charge in [0.2, 0.25) is 0 Å². The van der Waals surface area contributed by atoms with E-state index < -0.39 is 4.92 Å². The molecule has 1 aromatic rings. The Labute approximate surface area is 128 Å². The zero-order chi connectivity index (χ0) is 16.0. The Bertz CT molecular complexity index is 524. The molecule has 8 heteroatoms. The molecule has 1 unspecified atom stereocenters. The van der Waals surface area contributed by atoms with E-state index in [2.05, 4.69) is 5.43 Å². The van der Waals surface area contributed by atoms with Crippen LogP contribution in [0.25, 0.3) is 0 Å². The molecule has 1 atom stereocenters. The van der Waals surface area contributed by atoms with Crippen molar-refractivity contribution in [3.8, 4) is 0 Å². The van der Waals surface area contributed by atoms with E-state index in [4.69, 9.17) is 5.84 Å². The molecule has 0 heterocycles. The summed E-state index contributed by atoms with van der Waals surface area (Å²) in [6.07, 6.45) is 2.78. The lowest BCUT2D eigenvalue weighted by Crippen LogP contribution is -2.38. The molecule has 0 saturated carbocycles. The van der Waals surface area contributed by atoms with E-state index in [1.165, 1.54) is 18.2 Å². The van der Waals surface area contributed by atoms with E-state index in [1.807, 2.05) is 13.2 Å². The third kappa shape index (κ3) is 3.85. The topological polar surface area (TPSA) is 102 Å². The monoisotopic (exact) mass is 312 g/mol. The van der Waals surface area contributed by atoms with Crippen LogP contribution in [0.3, 0.4) is 0 Å². The summed E-state index contributed by atoms with van der Waals surface area (Å²) in [4.78, 5) is 24.6. The van der Waals surface area contributed by atoms with Gasteiger partial charge in [-0.1, -0.05) is 13.0 Å². The number of carbonyl (C=O) groups is 1. The Morgan fingerprint density at radius 3 is 2.71 bits per heavy atom. The molecule has 21 heavy (non-hydrogen) atoms. The van der Waals surface area contributed by atoms with Crippen molar-refractivity contribution >= 4 is 29.0 Å². The number of para-hydroxylation sites is 1. The van der Waals surface area contributed by atoms with Crippen LogP contribution < -0.4 is 11.3 Å². The van der Waals surface area contributed by atoms with Crippen LogP contribution in [0.5, 0.6) is 0 Å². The van der Waals surface area contributed by atoms with Crippen LogP contribution in [0.1, 0.15) is 23.7 Å². The molecule has 0 aromatic heterocycles. The van der Waals surface area contributed by atoms with Gasteiger partial charge in [-0.25, -0.2) is 0 Å². The highest BCUT2D eigenvalue weighted by molar-refractivity contribution is 7.98. The van der Waals surface area contributed by atoms with Crippen LogP contribution in [0, 0.1) is 10.1 Å². The van der Waals surface area contributed by atoms with Crippen LogP contribution in [0.2, 0.25) is 0 Å². The molecule has 0 aliphatic heterocycles. The molecule has 0 radical (unpaired) electrons. The van der Waals surface area contributed by atoms with Crippen LogP contribution in [-0.2, 0) is 0 Å². The van der Waals surface area contributed by atoms with Crippen molar-refractivity contribution in [2.45, 2.75) is 19.4 Å². The molecule has 0 bridgehead atoms. The second-order valence-corrected chi connectivity index (χ2v) is 5.45. The van der Waals surface area contributed by atoms with Crippen molar-refractivity contribution in [2.75, 3.05) is 24.5 Å². The van der Waals surface area contributed by atoms with Crippen molar-refractivity contribution in [1.29, 1.82) is 0 Å². The summed E-state index contributed by atoms with van der Waals surface area (Å²) in [7, 11) is 1.70. The smallest absolute Gasteiger partial charge is 0.294 e. The van der Waals surface area contributed by atoms with Gasteiger partial charge in [0.25, 0.3) is 11.6 Å². The van der Waals surface area contributed by atoms with E-state index in [0.717, 1.165) is 12.2 Å². The Morgan fingerprint density at radius 1 is 1.57 bits per heavy atom. The van der Waals surface area contributed by atoms with Gasteiger partial charge in [-0.3, -0.25) is 20.8 Å². The number of thioether (sulfide) groups is 1. The predicted octanol–water partition coefficient (Wildman–Crippen LogP) is 2.09. The van der Waals surface area contributed by atoms with Crippen LogP contribution >= 0.6 is 11.8 Å². The number of nitrogen functional groups attached to an aromatic ring is 1. The largest absolute Gasteiger partial charge is 0.338 e. The van der Waals surface area contributed by atoms with E-state index >= 15 is 0 Å². The molecular formula is C13H20N4O3S. The minimum absolute atomic E-state index is 0.0401. The first-order valence-corrected chi connectivity index (χ1v) is 7.87. The Kier molecular flexibility index (Phi) is 6.44. The minimum Gasteiger partial charge on any atom is -0.338 e. The summed E-state index contributed by atoms with van der Waals surface area (Å²) in [5.41, 5.74) is 2.31. The summed E-state index contributed by atoms with van der Waals surface area (Å²) in [5, 5.41) is 11.0. The second kappa shape index (κ2) is 7.84. The van der Waals surface area contributed by atoms with E-state index in [0.29, 0.717) is 0 Å². The summed E-state index contributed by atoms with van der Waals surface area (Å²) in [5.74, 6) is 5.89. The van der Waals surface area contributed by atoms with Gasteiger partial charge in [0.05, 0.1) is 10.5 Å². The second-order valence-electron chi connectivity index (χ2n) is 4.53. The number of carbonyl (C=O) groups excluding carboxylic acids is 1. The highest BCUT2D eigenvalue weighted by Crippen LogP contribution is 2.28. The molecular weight excluding hydrogens is 292 g/mol. The summed E-state index contributed by atoms with van der Waals surface area (Å²) < 4.78 is 0. The van der Waals surface area contributed by atoms with Crippen molar-refractivity contribution in [1.82, 2.24) is 4.90 Å². The Morgan fingerprint density at radius 2 is 2.24 bits per heavy atom. The van der Waals surface area contributed by atoms with Crippen LogP contribution in [-0.4, -0.2) is 40.8 Å². The molecule has 1 amide bonds. The molecule has 1 rings (SSSR count). The van der Waals surface area contributed by atoms with E-state index in [9.17, 15) is 14.9 Å². The van der Waals surface area contributed by atoms with Crippen LogP contribution in [0.4, 0.5) is 11.4 Å². The zero-order valence-electron chi connectivity index (χ0n) is 12.3. The Hall–Kier alpha value is -1.80. The lowest BCUT2D eigenvalue weighted by molar-refractivity contribution is -0.384. The third-order valence-corrected chi connectivity index (χ3v) is 4.03. The van der Waals surface area contributed by atoms with Gasteiger partial charge in [0, 0.05) is 24.9 Å². The molecule has 0 aliphatic rings. The van der Waals surface area contributed by atoms with Crippen molar-refractivity contribution in [3.05, 3.63) is 33.9 Å². The maximum absolute atomic E-state index is 12.6. The normalized spacial score (nSPS) is 11.8. The quantitative estimate of drug-likeness (QED) is 0.454. The summed E-state index contributed by atoms with van der Waals surface area (Å²) >= 11 is 1.65. The average Bonchev–Trinajstić information content (AvgIpc) is 2.50. The number of hydrogen-bond donors (Lipinski definition) is 2. The summed E-state index contributed by atoms with van der Waals surface area (Å²) in [6.45, 7) is 2.00. The first-order valence-electron chi connectivity index (χ1n) is 6.48. The molecule has 0 fully saturated rings. The highest BCUT2D eigenvalue weighted by Gasteiger charge is 2.25. The molecule has 7 nitrogen and oxygen atoms in total. The van der Waals surface area contributed by atoms with Gasteiger partial charge >= 0.3 is 0 Å². The maximum Gasteiger partial charge on any atom is 0.294 e. The lowest BCUT2D eigenvalue weighted by atomic mass is 10.1. The number of nitro benzene ring substituents is 1. The first-order chi connectivity index (χ1) is 9.97.